The van der Waals surface area contributed by atoms with Crippen molar-refractivity contribution in [2.24, 2.45) is 0 Å². The van der Waals surface area contributed by atoms with E-state index in [0.717, 1.165) is 23.3 Å². The number of nitrogens with zero attached hydrogens (tertiary/aromatic N) is 3. The third kappa shape index (κ3) is 5.62. The fraction of sp³-hybridized carbons (Fsp3) is 0.321. The van der Waals surface area contributed by atoms with Crippen LogP contribution in [-0.2, 0) is 21.1 Å². The largest absolute Gasteiger partial charge is 0.382 e. The smallest absolute Gasteiger partial charge is 0.189 e. The summed E-state index contributed by atoms with van der Waals surface area (Å²) in [5.74, 6) is 0.313. The van der Waals surface area contributed by atoms with Crippen LogP contribution in [0.2, 0.25) is 0 Å². The van der Waals surface area contributed by atoms with Gasteiger partial charge >= 0.3 is 0 Å². The van der Waals surface area contributed by atoms with Crippen molar-refractivity contribution in [3.63, 3.8) is 0 Å². The molecule has 3 heterocycles. The number of nitrogens with one attached hydrogen (secondary N) is 1. The van der Waals surface area contributed by atoms with E-state index in [9.17, 15) is 8.42 Å². The molecule has 0 unspecified atom stereocenters. The lowest BCUT2D eigenvalue weighted by Crippen LogP contribution is -2.34. The van der Waals surface area contributed by atoms with Gasteiger partial charge in [0.15, 0.2) is 27.1 Å². The summed E-state index contributed by atoms with van der Waals surface area (Å²) >= 11 is 0. The molecule has 3 N–H and O–H groups in total. The highest BCUT2D eigenvalue weighted by molar-refractivity contribution is 7.92. The van der Waals surface area contributed by atoms with Gasteiger partial charge in [0.1, 0.15) is 5.69 Å². The lowest BCUT2D eigenvalue weighted by atomic mass is 10.1. The molecule has 2 aromatic heterocycles. The standard InChI is InChI=1S/C28H31N5O4S/c1-18(2)38(34,35)23-9-7-21(8-10-23)25-17-31-28(29)27(32-25)26-15-24(33-37-26)20-5-3-19(4-6-20)16-30-22-11-13-36-14-12-22/h3-10,15,17-18,22,30H,11-14,16H2,1-2H3,(H2,29,31)/i1D3,2D3,22D. The zero-order valence-corrected chi connectivity index (χ0v) is 21.2. The van der Waals surface area contributed by atoms with Crippen LogP contribution in [-0.4, -0.2) is 48.0 Å². The molecule has 0 saturated carbocycles. The van der Waals surface area contributed by atoms with Crippen LogP contribution in [0.4, 0.5) is 5.82 Å². The SMILES string of the molecule is [2H]C1(NCc2ccc(-c3cc(-c4nc(-c5ccc(S(=O)(=O)C(C([2H])([2H])[2H])C([2H])([2H])[2H])cc5)cnc4N)on3)cc2)CCOCC1. The first-order valence-corrected chi connectivity index (χ1v) is 13.5. The number of anilines is 1. The highest BCUT2D eigenvalue weighted by atomic mass is 32.2. The monoisotopic (exact) mass is 540 g/mol. The van der Waals surface area contributed by atoms with Gasteiger partial charge in [-0.1, -0.05) is 41.6 Å². The average molecular weight is 541 g/mol. The number of hydrogen-bond donors (Lipinski definition) is 2. The van der Waals surface area contributed by atoms with E-state index in [0.29, 0.717) is 49.6 Å². The summed E-state index contributed by atoms with van der Waals surface area (Å²) in [4.78, 5) is 8.27. The number of nitrogens with two attached hydrogens (primary N) is 1. The van der Waals surface area contributed by atoms with Crippen molar-refractivity contribution in [3.8, 4) is 34.0 Å². The van der Waals surface area contributed by atoms with Crippen molar-refractivity contribution < 1.29 is 27.3 Å². The molecule has 1 aliphatic rings. The second kappa shape index (κ2) is 11.0. The summed E-state index contributed by atoms with van der Waals surface area (Å²) in [6.45, 7) is -4.83. The fourth-order valence-corrected chi connectivity index (χ4v) is 4.80. The van der Waals surface area contributed by atoms with Gasteiger partial charge in [-0.25, -0.2) is 18.4 Å². The molecule has 1 fully saturated rings. The van der Waals surface area contributed by atoms with Gasteiger partial charge in [-0.2, -0.15) is 0 Å². The molecule has 0 atom stereocenters. The minimum absolute atomic E-state index is 0.0673. The molecule has 0 aliphatic carbocycles. The van der Waals surface area contributed by atoms with Crippen LogP contribution < -0.4 is 11.1 Å². The Morgan fingerprint density at radius 3 is 2.47 bits per heavy atom. The van der Waals surface area contributed by atoms with Crippen molar-refractivity contribution in [2.75, 3.05) is 18.9 Å². The molecule has 0 radical (unpaired) electrons. The van der Waals surface area contributed by atoms with Crippen molar-refractivity contribution in [1.29, 1.82) is 0 Å². The predicted molar refractivity (Wildman–Crippen MR) is 146 cm³/mol. The Hall–Kier alpha value is -3.60. The van der Waals surface area contributed by atoms with E-state index in [1.807, 2.05) is 24.3 Å². The summed E-state index contributed by atoms with van der Waals surface area (Å²) in [5.41, 5.74) is 9.34. The van der Waals surface area contributed by atoms with Crippen LogP contribution in [0, 0.1) is 0 Å². The summed E-state index contributed by atoms with van der Waals surface area (Å²) in [5, 5.41) is 4.87. The minimum atomic E-state index is -4.73. The second-order valence-electron chi connectivity index (χ2n) is 8.78. The third-order valence-corrected chi connectivity index (χ3v) is 7.77. The van der Waals surface area contributed by atoms with Gasteiger partial charge in [-0.05, 0) is 44.2 Å². The number of nitrogen functional groups attached to an aromatic ring is 1. The van der Waals surface area contributed by atoms with E-state index in [4.69, 9.17) is 24.6 Å². The third-order valence-electron chi connectivity index (χ3n) is 6.22. The number of aromatic nitrogens is 3. The number of sulfone groups is 1. The lowest BCUT2D eigenvalue weighted by molar-refractivity contribution is 0.0776. The number of ether oxygens (including phenoxy) is 1. The van der Waals surface area contributed by atoms with E-state index in [-0.39, 0.29) is 17.3 Å². The topological polar surface area (TPSA) is 133 Å². The van der Waals surface area contributed by atoms with E-state index in [1.165, 1.54) is 18.3 Å². The van der Waals surface area contributed by atoms with E-state index >= 15 is 0 Å². The second-order valence-corrected chi connectivity index (χ2v) is 10.8. The predicted octanol–water partition coefficient (Wildman–Crippen LogP) is 4.50. The van der Waals surface area contributed by atoms with Gasteiger partial charge in [0.05, 0.1) is 22.0 Å². The Kier molecular flexibility index (Phi) is 5.40. The highest BCUT2D eigenvalue weighted by Gasteiger charge is 2.20. The molecule has 0 spiro atoms. The van der Waals surface area contributed by atoms with Crippen molar-refractivity contribution in [2.45, 2.75) is 49.3 Å². The molecule has 10 heteroatoms. The summed E-state index contributed by atoms with van der Waals surface area (Å²) in [6, 6.07) is 13.6. The van der Waals surface area contributed by atoms with E-state index < -0.39 is 39.7 Å². The number of hydrogen-bond acceptors (Lipinski definition) is 9. The van der Waals surface area contributed by atoms with E-state index in [1.54, 1.807) is 6.07 Å². The highest BCUT2D eigenvalue weighted by Crippen LogP contribution is 2.30. The Labute approximate surface area is 232 Å². The zero-order chi connectivity index (χ0) is 32.6. The maximum atomic E-state index is 13.0. The first-order chi connectivity index (χ1) is 21.1. The van der Waals surface area contributed by atoms with Crippen LogP contribution in [0.3, 0.4) is 0 Å². The Morgan fingerprint density at radius 2 is 1.76 bits per heavy atom. The maximum absolute atomic E-state index is 13.0. The Morgan fingerprint density at radius 1 is 1.08 bits per heavy atom. The first-order valence-electron chi connectivity index (χ1n) is 15.4. The fourth-order valence-electron chi connectivity index (χ4n) is 4.01. The molecule has 0 bridgehead atoms. The van der Waals surface area contributed by atoms with Crippen LogP contribution in [0.5, 0.6) is 0 Å². The number of rotatable bonds is 8. The van der Waals surface area contributed by atoms with Gasteiger partial charge in [-0.15, -0.1) is 0 Å². The number of benzene rings is 2. The molecule has 2 aromatic carbocycles. The molecular formula is C28H31N5O4S. The van der Waals surface area contributed by atoms with Crippen molar-refractivity contribution in [3.05, 3.63) is 66.4 Å². The molecular weight excluding hydrogens is 502 g/mol. The van der Waals surface area contributed by atoms with Gasteiger partial charge < -0.3 is 20.3 Å². The lowest BCUT2D eigenvalue weighted by Gasteiger charge is -2.23. The van der Waals surface area contributed by atoms with Gasteiger partial charge in [0.25, 0.3) is 0 Å². The Bertz CT molecular complexity index is 1740. The van der Waals surface area contributed by atoms with Gasteiger partial charge in [0, 0.05) is 52.6 Å². The Balaban J connectivity index is 1.33. The zero-order valence-electron chi connectivity index (χ0n) is 27.3. The normalized spacial score (nSPS) is 18.9. The van der Waals surface area contributed by atoms with E-state index in [2.05, 4.69) is 20.4 Å². The molecule has 5 rings (SSSR count). The minimum Gasteiger partial charge on any atom is -0.382 e. The first kappa shape index (κ1) is 18.6. The average Bonchev–Trinajstić information content (AvgIpc) is 3.46. The molecule has 198 valence electrons. The summed E-state index contributed by atoms with van der Waals surface area (Å²) in [7, 11) is -4.73. The van der Waals surface area contributed by atoms with Gasteiger partial charge in [-0.3, -0.25) is 0 Å². The molecule has 0 amide bonds. The molecule has 1 aliphatic heterocycles. The molecule has 1 saturated heterocycles. The molecule has 4 aromatic rings. The quantitative estimate of drug-likeness (QED) is 0.331. The molecule has 9 nitrogen and oxygen atoms in total. The van der Waals surface area contributed by atoms with Crippen LogP contribution >= 0.6 is 0 Å². The van der Waals surface area contributed by atoms with Crippen molar-refractivity contribution >= 4 is 15.7 Å². The van der Waals surface area contributed by atoms with Crippen LogP contribution in [0.15, 0.2) is 70.2 Å². The van der Waals surface area contributed by atoms with Crippen LogP contribution in [0.25, 0.3) is 34.0 Å². The molecule has 38 heavy (non-hydrogen) atoms. The maximum Gasteiger partial charge on any atom is 0.189 e. The van der Waals surface area contributed by atoms with Crippen LogP contribution in [0.1, 0.15) is 41.7 Å². The van der Waals surface area contributed by atoms with Crippen molar-refractivity contribution in [1.82, 2.24) is 20.4 Å². The summed E-state index contributed by atoms with van der Waals surface area (Å²) in [6.07, 6.45) is 2.64. The summed E-state index contributed by atoms with van der Waals surface area (Å²) < 4.78 is 90.5. The van der Waals surface area contributed by atoms with Gasteiger partial charge in [0.2, 0.25) is 0 Å².